The number of hydrogen-bond acceptors (Lipinski definition) is 4. The maximum Gasteiger partial charge on any atom is 0.328 e. The van der Waals surface area contributed by atoms with Crippen LogP contribution in [0.1, 0.15) is 17.3 Å². The number of halogens is 2. The first-order chi connectivity index (χ1) is 8.73. The number of hydrogen-bond donors (Lipinski definition) is 4. The van der Waals surface area contributed by atoms with Crippen LogP contribution in [0.25, 0.3) is 0 Å². The van der Waals surface area contributed by atoms with Crippen LogP contribution in [0.2, 0.25) is 0 Å². The quantitative estimate of drug-likeness (QED) is 0.373. The van der Waals surface area contributed by atoms with Crippen LogP contribution in [0.4, 0.5) is 5.69 Å². The molecule has 0 fully saturated rings. The lowest BCUT2D eigenvalue weighted by Crippen LogP contribution is -2.47. The summed E-state index contributed by atoms with van der Waals surface area (Å²) in [6.07, 6.45) is -1.19. The van der Waals surface area contributed by atoms with Gasteiger partial charge in [-0.3, -0.25) is 4.79 Å². The third-order valence-electron chi connectivity index (χ3n) is 2.38. The molecule has 2 atom stereocenters. The van der Waals surface area contributed by atoms with Gasteiger partial charge >= 0.3 is 5.97 Å². The summed E-state index contributed by atoms with van der Waals surface area (Å²) in [6, 6.07) is 1.78. The molecule has 0 aromatic heterocycles. The molecule has 0 aliphatic heterocycles. The molecular weight excluding hydrogens is 478 g/mol. The van der Waals surface area contributed by atoms with Crippen molar-refractivity contribution in [1.82, 2.24) is 5.32 Å². The van der Waals surface area contributed by atoms with Gasteiger partial charge in [-0.15, -0.1) is 0 Å². The number of carbonyl (C=O) groups excluding carboxylic acids is 1. The van der Waals surface area contributed by atoms with Crippen molar-refractivity contribution in [2.75, 3.05) is 5.73 Å². The van der Waals surface area contributed by atoms with E-state index in [0.717, 1.165) is 0 Å². The summed E-state index contributed by atoms with van der Waals surface area (Å²) < 4.78 is 1.41. The van der Waals surface area contributed by atoms with E-state index < -0.39 is 24.0 Å². The van der Waals surface area contributed by atoms with Gasteiger partial charge in [-0.1, -0.05) is 0 Å². The van der Waals surface area contributed by atoms with E-state index in [0.29, 0.717) is 18.4 Å². The van der Waals surface area contributed by atoms with Crippen molar-refractivity contribution in [1.29, 1.82) is 0 Å². The minimum atomic E-state index is -1.35. The first-order valence-electron chi connectivity index (χ1n) is 5.20. The monoisotopic (exact) mass is 490 g/mol. The van der Waals surface area contributed by atoms with Crippen LogP contribution in [0.15, 0.2) is 12.1 Å². The highest BCUT2D eigenvalue weighted by atomic mass is 127. The SMILES string of the molecule is CC(O)C(NC(=O)c1cc(I)c(N)c(I)c1)C(=O)O. The van der Waals surface area contributed by atoms with E-state index in [2.05, 4.69) is 5.32 Å². The zero-order valence-corrected chi connectivity index (χ0v) is 14.2. The van der Waals surface area contributed by atoms with Crippen molar-refractivity contribution < 1.29 is 19.8 Å². The van der Waals surface area contributed by atoms with Crippen molar-refractivity contribution in [3.63, 3.8) is 0 Å². The number of carboxylic acid groups (broad SMARTS) is 1. The zero-order valence-electron chi connectivity index (χ0n) is 9.85. The maximum atomic E-state index is 11.9. The fraction of sp³-hybridized carbons (Fsp3) is 0.273. The summed E-state index contributed by atoms with van der Waals surface area (Å²) in [7, 11) is 0. The molecule has 0 saturated carbocycles. The van der Waals surface area contributed by atoms with E-state index in [4.69, 9.17) is 10.8 Å². The Kier molecular flexibility index (Phi) is 5.80. The van der Waals surface area contributed by atoms with Gasteiger partial charge in [0.15, 0.2) is 6.04 Å². The number of anilines is 1. The Labute approximate surface area is 137 Å². The number of benzene rings is 1. The van der Waals surface area contributed by atoms with Crippen LogP contribution >= 0.6 is 45.2 Å². The van der Waals surface area contributed by atoms with Crippen LogP contribution in [0.3, 0.4) is 0 Å². The van der Waals surface area contributed by atoms with Gasteiger partial charge < -0.3 is 21.3 Å². The van der Waals surface area contributed by atoms with Crippen molar-refractivity contribution in [3.8, 4) is 0 Å². The first kappa shape index (κ1) is 16.4. The van der Waals surface area contributed by atoms with Crippen molar-refractivity contribution >= 4 is 62.7 Å². The predicted molar refractivity (Wildman–Crippen MR) is 86.9 cm³/mol. The van der Waals surface area contributed by atoms with E-state index in [1.807, 2.05) is 45.2 Å². The summed E-state index contributed by atoms with van der Waals surface area (Å²) in [5.74, 6) is -1.85. The molecule has 0 bridgehead atoms. The molecule has 0 aliphatic carbocycles. The number of carbonyl (C=O) groups is 2. The molecule has 6 nitrogen and oxygen atoms in total. The highest BCUT2D eigenvalue weighted by Crippen LogP contribution is 2.23. The Hall–Kier alpha value is -0.620. The third-order valence-corrected chi connectivity index (χ3v) is 4.16. The van der Waals surface area contributed by atoms with Crippen molar-refractivity contribution in [3.05, 3.63) is 24.8 Å². The van der Waals surface area contributed by atoms with Gasteiger partial charge in [-0.05, 0) is 64.2 Å². The molecule has 1 amide bonds. The molecule has 1 rings (SSSR count). The number of aliphatic hydroxyl groups is 1. The molecule has 19 heavy (non-hydrogen) atoms. The summed E-state index contributed by atoms with van der Waals surface area (Å²) in [4.78, 5) is 22.8. The lowest BCUT2D eigenvalue weighted by molar-refractivity contribution is -0.141. The third kappa shape index (κ3) is 4.18. The standard InChI is InChI=1S/C11H12I2N2O4/c1-4(16)9(11(18)19)15-10(17)5-2-6(12)8(14)7(13)3-5/h2-4,9,16H,14H2,1H3,(H,15,17)(H,18,19). The average Bonchev–Trinajstić information content (AvgIpc) is 2.31. The Morgan fingerprint density at radius 2 is 1.79 bits per heavy atom. The normalized spacial score (nSPS) is 13.7. The number of amides is 1. The number of aliphatic carboxylic acids is 1. The lowest BCUT2D eigenvalue weighted by atomic mass is 10.1. The second kappa shape index (κ2) is 6.70. The van der Waals surface area contributed by atoms with Gasteiger partial charge in [0.2, 0.25) is 0 Å². The number of aliphatic hydroxyl groups excluding tert-OH is 1. The second-order valence-corrected chi connectivity index (χ2v) is 6.21. The highest BCUT2D eigenvalue weighted by molar-refractivity contribution is 14.1. The van der Waals surface area contributed by atoms with Gasteiger partial charge in [-0.2, -0.15) is 0 Å². The summed E-state index contributed by atoms with van der Waals surface area (Å²) in [5.41, 5.74) is 6.64. The van der Waals surface area contributed by atoms with Gasteiger partial charge in [0.05, 0.1) is 11.8 Å². The fourth-order valence-electron chi connectivity index (χ4n) is 1.33. The molecule has 0 radical (unpaired) electrons. The number of nitrogen functional groups attached to an aromatic ring is 1. The van der Waals surface area contributed by atoms with Crippen LogP contribution in [0.5, 0.6) is 0 Å². The maximum absolute atomic E-state index is 11.9. The van der Waals surface area contributed by atoms with Gasteiger partial charge in [0.25, 0.3) is 5.91 Å². The minimum Gasteiger partial charge on any atom is -0.480 e. The molecule has 104 valence electrons. The van der Waals surface area contributed by atoms with Crippen LogP contribution in [0, 0.1) is 7.14 Å². The van der Waals surface area contributed by atoms with Crippen molar-refractivity contribution in [2.45, 2.75) is 19.1 Å². The molecule has 2 unspecified atom stereocenters. The number of nitrogens with one attached hydrogen (secondary N) is 1. The molecular formula is C11H12I2N2O4. The van der Waals surface area contributed by atoms with Gasteiger partial charge in [0, 0.05) is 12.7 Å². The predicted octanol–water partition coefficient (Wildman–Crippen LogP) is 1.04. The average molecular weight is 490 g/mol. The molecule has 1 aromatic rings. The number of nitrogens with two attached hydrogens (primary N) is 1. The number of carboxylic acids is 1. The molecule has 0 saturated heterocycles. The van der Waals surface area contributed by atoms with E-state index in [1.165, 1.54) is 6.92 Å². The molecule has 8 heteroatoms. The largest absolute Gasteiger partial charge is 0.480 e. The number of rotatable bonds is 4. The highest BCUT2D eigenvalue weighted by Gasteiger charge is 2.25. The van der Waals surface area contributed by atoms with E-state index in [-0.39, 0.29) is 0 Å². The van der Waals surface area contributed by atoms with Crippen LogP contribution in [-0.4, -0.2) is 34.2 Å². The fourth-order valence-corrected chi connectivity index (χ4v) is 3.10. The summed E-state index contributed by atoms with van der Waals surface area (Å²) in [6.45, 7) is 1.30. The zero-order chi connectivity index (χ0) is 14.7. The van der Waals surface area contributed by atoms with E-state index in [1.54, 1.807) is 12.1 Å². The molecule has 0 aliphatic rings. The topological polar surface area (TPSA) is 113 Å². The van der Waals surface area contributed by atoms with Crippen LogP contribution < -0.4 is 11.1 Å². The van der Waals surface area contributed by atoms with E-state index in [9.17, 15) is 14.7 Å². The Balaban J connectivity index is 2.98. The van der Waals surface area contributed by atoms with Crippen LogP contribution in [-0.2, 0) is 4.79 Å². The Morgan fingerprint density at radius 3 is 2.16 bits per heavy atom. The lowest BCUT2D eigenvalue weighted by Gasteiger charge is -2.17. The molecule has 0 heterocycles. The van der Waals surface area contributed by atoms with Gasteiger partial charge in [-0.25, -0.2) is 4.79 Å². The Morgan fingerprint density at radius 1 is 1.32 bits per heavy atom. The minimum absolute atomic E-state index is 0.301. The van der Waals surface area contributed by atoms with Crippen molar-refractivity contribution in [2.24, 2.45) is 0 Å². The van der Waals surface area contributed by atoms with E-state index >= 15 is 0 Å². The molecule has 1 aromatic carbocycles. The Bertz CT molecular complexity index is 496. The summed E-state index contributed by atoms with van der Waals surface area (Å²) >= 11 is 3.99. The first-order valence-corrected chi connectivity index (χ1v) is 7.36. The molecule has 0 spiro atoms. The van der Waals surface area contributed by atoms with Gasteiger partial charge in [0.1, 0.15) is 0 Å². The summed E-state index contributed by atoms with van der Waals surface area (Å²) in [5, 5.41) is 20.5. The second-order valence-electron chi connectivity index (χ2n) is 3.88. The smallest absolute Gasteiger partial charge is 0.328 e. The molecule has 5 N–H and O–H groups in total.